The number of nitrogens with zero attached hydrogens (tertiary/aromatic N) is 2. The van der Waals surface area contributed by atoms with Gasteiger partial charge in [-0.15, -0.1) is 0 Å². The molecule has 5 nitrogen and oxygen atoms in total. The van der Waals surface area contributed by atoms with Gasteiger partial charge in [-0.2, -0.15) is 5.26 Å². The summed E-state index contributed by atoms with van der Waals surface area (Å²) in [6, 6.07) is 7.31. The molecule has 1 aliphatic rings. The molecule has 1 saturated carbocycles. The van der Waals surface area contributed by atoms with E-state index in [2.05, 4.69) is 10.3 Å². The predicted molar refractivity (Wildman–Crippen MR) is 73.5 cm³/mol. The van der Waals surface area contributed by atoms with Crippen molar-refractivity contribution < 1.29 is 8.42 Å². The highest BCUT2D eigenvalue weighted by molar-refractivity contribution is 7.91. The van der Waals surface area contributed by atoms with Crippen LogP contribution in [0.1, 0.15) is 31.4 Å². The Bertz CT molecular complexity index is 592. The minimum Gasteiger partial charge on any atom is -0.367 e. The van der Waals surface area contributed by atoms with Crippen LogP contribution >= 0.6 is 0 Å². The van der Waals surface area contributed by atoms with E-state index >= 15 is 0 Å². The lowest BCUT2D eigenvalue weighted by Gasteiger charge is -2.29. The summed E-state index contributed by atoms with van der Waals surface area (Å²) in [5, 5.41) is 11.8. The highest BCUT2D eigenvalue weighted by Crippen LogP contribution is 2.25. The van der Waals surface area contributed by atoms with Crippen LogP contribution in [0.4, 0.5) is 5.82 Å². The number of rotatable bonds is 3. The quantitative estimate of drug-likeness (QED) is 0.911. The fraction of sp³-hybridized carbons (Fsp3) is 0.538. The second-order valence-corrected chi connectivity index (χ2v) is 7.30. The number of pyridine rings is 1. The molecule has 1 aliphatic carbocycles. The van der Waals surface area contributed by atoms with Gasteiger partial charge >= 0.3 is 0 Å². The smallest absolute Gasteiger partial charge is 0.150 e. The first-order valence-electron chi connectivity index (χ1n) is 6.31. The van der Waals surface area contributed by atoms with Gasteiger partial charge in [0.25, 0.3) is 0 Å². The Balaban J connectivity index is 2.05. The van der Waals surface area contributed by atoms with Gasteiger partial charge in [0, 0.05) is 12.3 Å². The van der Waals surface area contributed by atoms with E-state index in [1.807, 2.05) is 6.07 Å². The molecule has 1 heterocycles. The van der Waals surface area contributed by atoms with Crippen LogP contribution in [0, 0.1) is 11.3 Å². The molecule has 1 N–H and O–H groups in total. The SMILES string of the molecule is CS(=O)(=O)C1CCCC(Nc2cccc(C#N)n2)C1. The maximum absolute atomic E-state index is 11.6. The predicted octanol–water partition coefficient (Wildman–Crippen LogP) is 1.72. The summed E-state index contributed by atoms with van der Waals surface area (Å²) in [6.07, 6.45) is 4.48. The Labute approximate surface area is 113 Å². The average Bonchev–Trinajstić information content (AvgIpc) is 2.38. The van der Waals surface area contributed by atoms with Crippen LogP contribution in [0.3, 0.4) is 0 Å². The van der Waals surface area contributed by atoms with Gasteiger partial charge in [-0.05, 0) is 31.4 Å². The normalized spacial score (nSPS) is 23.6. The molecule has 102 valence electrons. The van der Waals surface area contributed by atoms with Crippen molar-refractivity contribution in [2.45, 2.75) is 37.0 Å². The molecule has 1 aromatic heterocycles. The van der Waals surface area contributed by atoms with Crippen LogP contribution in [0.25, 0.3) is 0 Å². The molecular formula is C13H17N3O2S. The first-order valence-corrected chi connectivity index (χ1v) is 8.27. The van der Waals surface area contributed by atoms with E-state index in [0.717, 1.165) is 19.3 Å². The van der Waals surface area contributed by atoms with Crippen molar-refractivity contribution in [2.24, 2.45) is 0 Å². The molecule has 0 radical (unpaired) electrons. The molecule has 1 fully saturated rings. The monoisotopic (exact) mass is 279 g/mol. The molecule has 0 spiro atoms. The van der Waals surface area contributed by atoms with E-state index in [-0.39, 0.29) is 11.3 Å². The molecule has 2 atom stereocenters. The van der Waals surface area contributed by atoms with Gasteiger partial charge < -0.3 is 5.32 Å². The van der Waals surface area contributed by atoms with Gasteiger partial charge in [0.1, 0.15) is 27.4 Å². The zero-order valence-electron chi connectivity index (χ0n) is 10.8. The first-order chi connectivity index (χ1) is 8.99. The summed E-state index contributed by atoms with van der Waals surface area (Å²) in [5.74, 6) is 0.637. The molecule has 2 unspecified atom stereocenters. The van der Waals surface area contributed by atoms with Crippen LogP contribution in [-0.2, 0) is 9.84 Å². The van der Waals surface area contributed by atoms with Crippen molar-refractivity contribution in [3.63, 3.8) is 0 Å². The third-order valence-electron chi connectivity index (χ3n) is 3.45. The molecule has 19 heavy (non-hydrogen) atoms. The standard InChI is InChI=1S/C13H17N3O2S/c1-19(17,18)12-6-2-4-10(8-12)15-13-7-3-5-11(9-14)16-13/h3,5,7,10,12H,2,4,6,8H2,1H3,(H,15,16). The Morgan fingerprint density at radius 2 is 2.21 bits per heavy atom. The Hall–Kier alpha value is -1.61. The summed E-state index contributed by atoms with van der Waals surface area (Å²) in [6.45, 7) is 0. The summed E-state index contributed by atoms with van der Waals surface area (Å²) in [4.78, 5) is 4.15. The van der Waals surface area contributed by atoms with E-state index in [4.69, 9.17) is 5.26 Å². The topological polar surface area (TPSA) is 82.9 Å². The molecule has 2 rings (SSSR count). The molecule has 1 aromatic rings. The van der Waals surface area contributed by atoms with E-state index < -0.39 is 9.84 Å². The van der Waals surface area contributed by atoms with Crippen molar-refractivity contribution in [3.05, 3.63) is 23.9 Å². The van der Waals surface area contributed by atoms with Crippen molar-refractivity contribution in [2.75, 3.05) is 11.6 Å². The average molecular weight is 279 g/mol. The number of nitriles is 1. The van der Waals surface area contributed by atoms with Crippen LogP contribution in [0.15, 0.2) is 18.2 Å². The lowest BCUT2D eigenvalue weighted by Crippen LogP contribution is -2.34. The number of aromatic nitrogens is 1. The van der Waals surface area contributed by atoms with Crippen LogP contribution in [0.5, 0.6) is 0 Å². The largest absolute Gasteiger partial charge is 0.367 e. The molecule has 0 bridgehead atoms. The van der Waals surface area contributed by atoms with Crippen LogP contribution in [0.2, 0.25) is 0 Å². The fourth-order valence-corrected chi connectivity index (χ4v) is 3.63. The zero-order chi connectivity index (χ0) is 13.9. The van der Waals surface area contributed by atoms with Crippen molar-refractivity contribution >= 4 is 15.7 Å². The number of hydrogen-bond donors (Lipinski definition) is 1. The van der Waals surface area contributed by atoms with E-state index in [9.17, 15) is 8.42 Å². The van der Waals surface area contributed by atoms with E-state index in [0.29, 0.717) is 17.9 Å². The minimum atomic E-state index is -2.98. The van der Waals surface area contributed by atoms with Crippen molar-refractivity contribution in [1.29, 1.82) is 5.26 Å². The lowest BCUT2D eigenvalue weighted by molar-refractivity contribution is 0.452. The summed E-state index contributed by atoms with van der Waals surface area (Å²) >= 11 is 0. The maximum atomic E-state index is 11.6. The summed E-state index contributed by atoms with van der Waals surface area (Å²) in [5.41, 5.74) is 0.362. The zero-order valence-corrected chi connectivity index (χ0v) is 11.7. The first kappa shape index (κ1) is 13.8. The molecule has 0 saturated heterocycles. The van der Waals surface area contributed by atoms with Crippen LogP contribution in [-0.4, -0.2) is 30.9 Å². The Kier molecular flexibility index (Phi) is 4.05. The van der Waals surface area contributed by atoms with Gasteiger partial charge in [0.05, 0.1) is 5.25 Å². The number of hydrogen-bond acceptors (Lipinski definition) is 5. The third-order valence-corrected chi connectivity index (χ3v) is 5.09. The summed E-state index contributed by atoms with van der Waals surface area (Å²) < 4.78 is 23.2. The third kappa shape index (κ3) is 3.67. The number of anilines is 1. The van der Waals surface area contributed by atoms with Gasteiger partial charge in [0.15, 0.2) is 0 Å². The van der Waals surface area contributed by atoms with Crippen LogP contribution < -0.4 is 5.32 Å². The maximum Gasteiger partial charge on any atom is 0.150 e. The molecule has 0 amide bonds. The molecule has 0 aromatic carbocycles. The second-order valence-electron chi connectivity index (χ2n) is 4.98. The Morgan fingerprint density at radius 3 is 2.89 bits per heavy atom. The number of nitrogens with one attached hydrogen (secondary N) is 1. The van der Waals surface area contributed by atoms with E-state index in [1.165, 1.54) is 6.26 Å². The molecular weight excluding hydrogens is 262 g/mol. The van der Waals surface area contributed by atoms with E-state index in [1.54, 1.807) is 18.2 Å². The van der Waals surface area contributed by atoms with Gasteiger partial charge in [-0.1, -0.05) is 12.5 Å². The van der Waals surface area contributed by atoms with Gasteiger partial charge in [0.2, 0.25) is 0 Å². The van der Waals surface area contributed by atoms with Gasteiger partial charge in [-0.25, -0.2) is 13.4 Å². The lowest BCUT2D eigenvalue weighted by atomic mass is 9.95. The summed E-state index contributed by atoms with van der Waals surface area (Å²) in [7, 11) is -2.98. The van der Waals surface area contributed by atoms with Gasteiger partial charge in [-0.3, -0.25) is 0 Å². The van der Waals surface area contributed by atoms with Crippen molar-refractivity contribution in [3.8, 4) is 6.07 Å². The fourth-order valence-electron chi connectivity index (χ4n) is 2.45. The highest BCUT2D eigenvalue weighted by atomic mass is 32.2. The number of sulfone groups is 1. The Morgan fingerprint density at radius 1 is 1.42 bits per heavy atom. The highest BCUT2D eigenvalue weighted by Gasteiger charge is 2.28. The van der Waals surface area contributed by atoms with Crippen molar-refractivity contribution in [1.82, 2.24) is 4.98 Å². The molecule has 0 aliphatic heterocycles. The molecule has 6 heteroatoms. The second kappa shape index (κ2) is 5.57. The minimum absolute atomic E-state index is 0.106.